The second-order valence-corrected chi connectivity index (χ2v) is 15.7. The Morgan fingerprint density at radius 2 is 0.845 bits per heavy atom. The van der Waals surface area contributed by atoms with Crippen LogP contribution in [0.25, 0.3) is 67.5 Å². The van der Waals surface area contributed by atoms with Crippen LogP contribution in [0.2, 0.25) is 0 Å². The maximum atomic E-state index is 9.55. The van der Waals surface area contributed by atoms with Gasteiger partial charge in [-0.1, -0.05) is 188 Å². The third kappa shape index (κ3) is 5.27. The first-order valence-corrected chi connectivity index (χ1v) is 20.1. The van der Waals surface area contributed by atoms with Gasteiger partial charge in [0.05, 0.1) is 17.0 Å². The minimum atomic E-state index is -0.534. The van der Waals surface area contributed by atoms with Crippen molar-refractivity contribution in [2.45, 2.75) is 15.2 Å². The predicted molar refractivity (Wildman–Crippen MR) is 233 cm³/mol. The van der Waals surface area contributed by atoms with Crippen molar-refractivity contribution in [3.05, 3.63) is 222 Å². The van der Waals surface area contributed by atoms with E-state index in [4.69, 9.17) is 15.0 Å². The van der Waals surface area contributed by atoms with Gasteiger partial charge in [0.1, 0.15) is 0 Å². The zero-order valence-electron chi connectivity index (χ0n) is 31.2. The van der Waals surface area contributed by atoms with Crippen molar-refractivity contribution in [3.63, 3.8) is 0 Å². The molecule has 1 aromatic heterocycles. The molecule has 0 saturated heterocycles. The van der Waals surface area contributed by atoms with E-state index < -0.39 is 5.41 Å². The highest BCUT2D eigenvalue weighted by molar-refractivity contribution is 7.99. The Labute approximate surface area is 341 Å². The van der Waals surface area contributed by atoms with E-state index in [9.17, 15) is 5.26 Å². The largest absolute Gasteiger partial charge is 0.208 e. The molecule has 9 aromatic rings. The van der Waals surface area contributed by atoms with Crippen molar-refractivity contribution in [2.24, 2.45) is 0 Å². The first-order valence-electron chi connectivity index (χ1n) is 19.3. The smallest absolute Gasteiger partial charge is 0.164 e. The highest BCUT2D eigenvalue weighted by Gasteiger charge is 2.51. The Hall–Kier alpha value is -7.39. The second-order valence-electron chi connectivity index (χ2n) is 14.6. The van der Waals surface area contributed by atoms with Crippen molar-refractivity contribution in [3.8, 4) is 73.6 Å². The number of hydrogen-bond donors (Lipinski definition) is 0. The van der Waals surface area contributed by atoms with E-state index >= 15 is 0 Å². The molecular weight excluding hydrogens is 725 g/mol. The van der Waals surface area contributed by atoms with Gasteiger partial charge in [-0.15, -0.1) is 0 Å². The summed E-state index contributed by atoms with van der Waals surface area (Å²) in [5.74, 6) is 1.92. The van der Waals surface area contributed by atoms with Gasteiger partial charge in [-0.05, 0) is 73.8 Å². The zero-order chi connectivity index (χ0) is 38.6. The molecule has 0 fully saturated rings. The molecule has 1 aliphatic heterocycles. The van der Waals surface area contributed by atoms with Crippen LogP contribution in [0.4, 0.5) is 0 Å². The topological polar surface area (TPSA) is 62.5 Å². The van der Waals surface area contributed by atoms with Crippen LogP contribution in [-0.4, -0.2) is 15.0 Å². The lowest BCUT2D eigenvalue weighted by Gasteiger charge is -2.40. The van der Waals surface area contributed by atoms with E-state index in [1.807, 2.05) is 84.6 Å². The predicted octanol–water partition coefficient (Wildman–Crippen LogP) is 12.9. The normalized spacial score (nSPS) is 14.5. The molecule has 2 heterocycles. The first kappa shape index (κ1) is 33.9. The van der Waals surface area contributed by atoms with Gasteiger partial charge in [0.25, 0.3) is 0 Å². The first-order chi connectivity index (χ1) is 28.7. The summed E-state index contributed by atoms with van der Waals surface area (Å²) in [7, 11) is 0. The number of nitriles is 1. The molecule has 1 spiro atoms. The molecule has 11 rings (SSSR count). The molecular formula is C53H32N4S. The number of fused-ring (bicyclic) bond motifs is 9. The van der Waals surface area contributed by atoms with Crippen molar-refractivity contribution < 1.29 is 0 Å². The van der Waals surface area contributed by atoms with Crippen LogP contribution in [-0.2, 0) is 5.41 Å². The summed E-state index contributed by atoms with van der Waals surface area (Å²) >= 11 is 1.85. The molecule has 8 aromatic carbocycles. The fourth-order valence-electron chi connectivity index (χ4n) is 8.90. The van der Waals surface area contributed by atoms with Crippen LogP contribution in [0.5, 0.6) is 0 Å². The van der Waals surface area contributed by atoms with Crippen LogP contribution in [0, 0.1) is 11.3 Å². The molecule has 4 nitrogen and oxygen atoms in total. The van der Waals surface area contributed by atoms with Crippen LogP contribution in [0.1, 0.15) is 27.8 Å². The fourth-order valence-corrected chi connectivity index (χ4v) is 10.2. The average Bonchev–Trinajstić information content (AvgIpc) is 3.60. The zero-order valence-corrected chi connectivity index (χ0v) is 32.0. The molecule has 1 atom stereocenters. The summed E-state index contributed by atoms with van der Waals surface area (Å²) in [5.41, 5.74) is 15.1. The fraction of sp³-hybridized carbons (Fsp3) is 0.0189. The molecule has 0 saturated carbocycles. The number of aromatic nitrogens is 3. The molecule has 270 valence electrons. The molecule has 1 unspecified atom stereocenters. The number of rotatable bonds is 5. The van der Waals surface area contributed by atoms with Gasteiger partial charge in [0.15, 0.2) is 17.5 Å². The SMILES string of the molecule is N#Cc1ccc(-c2cccc3c2-c2ccccc2C32c3ccccc3Sc3c(-c4ccc(-c5nc(-c6ccccc6)nc(-c6ccccc6)n5)cc4)cccc32)cc1. The highest BCUT2D eigenvalue weighted by Crippen LogP contribution is 2.64. The van der Waals surface area contributed by atoms with Crippen LogP contribution in [0.15, 0.2) is 204 Å². The summed E-state index contributed by atoms with van der Waals surface area (Å²) < 4.78 is 0. The third-order valence-corrected chi connectivity index (χ3v) is 12.7. The molecule has 0 bridgehead atoms. The van der Waals surface area contributed by atoms with Gasteiger partial charge in [-0.25, -0.2) is 15.0 Å². The van der Waals surface area contributed by atoms with E-state index in [0.717, 1.165) is 27.8 Å². The molecule has 0 radical (unpaired) electrons. The van der Waals surface area contributed by atoms with Gasteiger partial charge in [0, 0.05) is 26.5 Å². The van der Waals surface area contributed by atoms with Gasteiger partial charge < -0.3 is 0 Å². The molecule has 0 amide bonds. The quantitative estimate of drug-likeness (QED) is 0.175. The summed E-state index contributed by atoms with van der Waals surface area (Å²) in [6, 6.07) is 70.5. The van der Waals surface area contributed by atoms with E-state index in [2.05, 4.69) is 127 Å². The molecule has 5 heteroatoms. The third-order valence-electron chi connectivity index (χ3n) is 11.5. The average molecular weight is 757 g/mol. The van der Waals surface area contributed by atoms with Crippen LogP contribution in [0.3, 0.4) is 0 Å². The Bertz CT molecular complexity index is 3020. The lowest BCUT2D eigenvalue weighted by Crippen LogP contribution is -2.32. The van der Waals surface area contributed by atoms with Crippen molar-refractivity contribution in [1.29, 1.82) is 5.26 Å². The molecule has 2 aliphatic rings. The number of hydrogen-bond acceptors (Lipinski definition) is 5. The van der Waals surface area contributed by atoms with E-state index in [1.165, 1.54) is 54.3 Å². The van der Waals surface area contributed by atoms with E-state index in [1.54, 1.807) is 0 Å². The summed E-state index contributed by atoms with van der Waals surface area (Å²) in [6.45, 7) is 0. The highest BCUT2D eigenvalue weighted by atomic mass is 32.2. The lowest BCUT2D eigenvalue weighted by atomic mass is 9.67. The number of nitrogens with zero attached hydrogens (tertiary/aromatic N) is 4. The molecule has 0 N–H and O–H groups in total. The van der Waals surface area contributed by atoms with Gasteiger partial charge in [0.2, 0.25) is 0 Å². The van der Waals surface area contributed by atoms with Crippen LogP contribution < -0.4 is 0 Å². The summed E-state index contributed by atoms with van der Waals surface area (Å²) in [5, 5.41) is 9.55. The van der Waals surface area contributed by atoms with Crippen molar-refractivity contribution in [2.75, 3.05) is 0 Å². The summed E-state index contributed by atoms with van der Waals surface area (Å²) in [6.07, 6.45) is 0. The second kappa shape index (κ2) is 13.7. The molecule has 1 aliphatic carbocycles. The van der Waals surface area contributed by atoms with Gasteiger partial charge in [-0.2, -0.15) is 5.26 Å². The van der Waals surface area contributed by atoms with E-state index in [-0.39, 0.29) is 0 Å². The standard InChI is InChI=1S/C53H32N4S/c54-33-34-25-27-35(28-26-34)40-18-11-22-45-48(40)42-17-7-8-20-43(42)53(45)44-21-9-10-24-47(44)58-49-41(19-12-23-46(49)53)36-29-31-39(32-30-36)52-56-50(37-13-3-1-4-14-37)55-51(57-52)38-15-5-2-6-16-38/h1-32H. The Balaban J connectivity index is 1.08. The lowest BCUT2D eigenvalue weighted by molar-refractivity contribution is 0.723. The Morgan fingerprint density at radius 3 is 1.50 bits per heavy atom. The Morgan fingerprint density at radius 1 is 0.379 bits per heavy atom. The van der Waals surface area contributed by atoms with Crippen molar-refractivity contribution in [1.82, 2.24) is 15.0 Å². The van der Waals surface area contributed by atoms with Crippen molar-refractivity contribution >= 4 is 11.8 Å². The number of benzene rings is 8. The monoisotopic (exact) mass is 756 g/mol. The van der Waals surface area contributed by atoms with Crippen LogP contribution >= 0.6 is 11.8 Å². The maximum absolute atomic E-state index is 9.55. The van der Waals surface area contributed by atoms with E-state index in [0.29, 0.717) is 23.0 Å². The molecule has 58 heavy (non-hydrogen) atoms. The minimum Gasteiger partial charge on any atom is -0.208 e. The minimum absolute atomic E-state index is 0.534. The van der Waals surface area contributed by atoms with Gasteiger partial charge in [-0.3, -0.25) is 0 Å². The summed E-state index contributed by atoms with van der Waals surface area (Å²) in [4.78, 5) is 17.4. The maximum Gasteiger partial charge on any atom is 0.164 e. The van der Waals surface area contributed by atoms with Gasteiger partial charge >= 0.3 is 0 Å². The Kier molecular flexibility index (Phi) is 7.99.